The SMILES string of the molecule is CC[C@@H]1CSC2=N[C@@H](c3ccccn3)[C@H](c3cccc(OC)c3)N21. The van der Waals surface area contributed by atoms with Gasteiger partial charge in [0.2, 0.25) is 0 Å². The Morgan fingerprint density at radius 1 is 1.25 bits per heavy atom. The van der Waals surface area contributed by atoms with E-state index in [1.165, 1.54) is 5.56 Å². The van der Waals surface area contributed by atoms with Crippen molar-refractivity contribution >= 4 is 16.9 Å². The van der Waals surface area contributed by atoms with Gasteiger partial charge in [0.05, 0.1) is 18.8 Å². The van der Waals surface area contributed by atoms with Crippen molar-refractivity contribution in [3.8, 4) is 5.75 Å². The lowest BCUT2D eigenvalue weighted by Gasteiger charge is -2.32. The number of aliphatic imine (C=N–C) groups is 1. The summed E-state index contributed by atoms with van der Waals surface area (Å²) in [5.41, 5.74) is 2.27. The molecule has 0 aliphatic carbocycles. The van der Waals surface area contributed by atoms with Crippen LogP contribution in [0.2, 0.25) is 0 Å². The van der Waals surface area contributed by atoms with Crippen molar-refractivity contribution in [2.75, 3.05) is 12.9 Å². The molecule has 2 aromatic rings. The van der Waals surface area contributed by atoms with Crippen LogP contribution in [0.15, 0.2) is 53.7 Å². The molecule has 0 spiro atoms. The number of benzene rings is 1. The van der Waals surface area contributed by atoms with Crippen molar-refractivity contribution in [2.45, 2.75) is 31.5 Å². The lowest BCUT2D eigenvalue weighted by Crippen LogP contribution is -2.35. The zero-order valence-corrected chi connectivity index (χ0v) is 14.7. The van der Waals surface area contributed by atoms with E-state index in [0.717, 1.165) is 28.8 Å². The van der Waals surface area contributed by atoms with E-state index in [1.807, 2.05) is 36.2 Å². The fraction of sp³-hybridized carbons (Fsp3) is 0.368. The quantitative estimate of drug-likeness (QED) is 0.841. The number of hydrogen-bond donors (Lipinski definition) is 0. The molecular weight excluding hydrogens is 318 g/mol. The molecule has 0 unspecified atom stereocenters. The molecule has 0 N–H and O–H groups in total. The van der Waals surface area contributed by atoms with Gasteiger partial charge in [0.1, 0.15) is 11.8 Å². The summed E-state index contributed by atoms with van der Waals surface area (Å²) in [5, 5.41) is 1.16. The molecule has 0 radical (unpaired) electrons. The molecule has 4 rings (SSSR count). The van der Waals surface area contributed by atoms with Gasteiger partial charge in [0, 0.05) is 18.0 Å². The smallest absolute Gasteiger partial charge is 0.160 e. The van der Waals surface area contributed by atoms with Gasteiger partial charge in [-0.15, -0.1) is 0 Å². The van der Waals surface area contributed by atoms with E-state index in [2.05, 4.69) is 41.1 Å². The first-order chi connectivity index (χ1) is 11.8. The number of amidine groups is 1. The van der Waals surface area contributed by atoms with E-state index in [1.54, 1.807) is 7.11 Å². The maximum absolute atomic E-state index is 5.44. The van der Waals surface area contributed by atoms with E-state index in [9.17, 15) is 0 Å². The number of aromatic nitrogens is 1. The molecule has 0 amide bonds. The van der Waals surface area contributed by atoms with E-state index in [-0.39, 0.29) is 12.1 Å². The van der Waals surface area contributed by atoms with Crippen molar-refractivity contribution < 1.29 is 4.74 Å². The summed E-state index contributed by atoms with van der Waals surface area (Å²) in [6.07, 6.45) is 2.98. The zero-order valence-electron chi connectivity index (χ0n) is 13.9. The van der Waals surface area contributed by atoms with Gasteiger partial charge >= 0.3 is 0 Å². The molecule has 0 saturated carbocycles. The van der Waals surface area contributed by atoms with Gasteiger partial charge in [0.15, 0.2) is 5.17 Å². The van der Waals surface area contributed by atoms with Crippen LogP contribution >= 0.6 is 11.8 Å². The average molecular weight is 339 g/mol. The Morgan fingerprint density at radius 2 is 2.17 bits per heavy atom. The summed E-state index contributed by atoms with van der Waals surface area (Å²) in [6.45, 7) is 2.25. The Labute approximate surface area is 147 Å². The highest BCUT2D eigenvalue weighted by Gasteiger charge is 2.45. The molecule has 2 aliphatic rings. The summed E-state index contributed by atoms with van der Waals surface area (Å²) in [5.74, 6) is 2.01. The second-order valence-electron chi connectivity index (χ2n) is 6.11. The molecule has 24 heavy (non-hydrogen) atoms. The van der Waals surface area contributed by atoms with Gasteiger partial charge in [-0.1, -0.05) is 36.9 Å². The van der Waals surface area contributed by atoms with Crippen LogP contribution < -0.4 is 4.74 Å². The Kier molecular flexibility index (Phi) is 4.19. The minimum atomic E-state index is 0.0372. The van der Waals surface area contributed by atoms with Crippen molar-refractivity contribution in [2.24, 2.45) is 4.99 Å². The van der Waals surface area contributed by atoms with Crippen molar-refractivity contribution in [1.29, 1.82) is 0 Å². The first-order valence-corrected chi connectivity index (χ1v) is 9.34. The summed E-state index contributed by atoms with van der Waals surface area (Å²) >= 11 is 1.87. The lowest BCUT2D eigenvalue weighted by atomic mass is 9.95. The number of nitrogens with zero attached hydrogens (tertiary/aromatic N) is 3. The summed E-state index contributed by atoms with van der Waals surface area (Å²) in [6, 6.07) is 15.2. The van der Waals surface area contributed by atoms with Crippen molar-refractivity contribution in [1.82, 2.24) is 9.88 Å². The maximum Gasteiger partial charge on any atom is 0.160 e. The Bertz CT molecular complexity index is 749. The summed E-state index contributed by atoms with van der Waals surface area (Å²) < 4.78 is 5.44. The van der Waals surface area contributed by atoms with Gasteiger partial charge in [-0.25, -0.2) is 0 Å². The minimum Gasteiger partial charge on any atom is -0.497 e. The Morgan fingerprint density at radius 3 is 2.92 bits per heavy atom. The first kappa shape index (κ1) is 15.5. The number of hydrogen-bond acceptors (Lipinski definition) is 5. The third kappa shape index (κ3) is 2.57. The molecule has 1 saturated heterocycles. The molecule has 1 fully saturated rings. The van der Waals surface area contributed by atoms with Gasteiger partial charge in [0.25, 0.3) is 0 Å². The molecule has 5 heteroatoms. The van der Waals surface area contributed by atoms with E-state index in [0.29, 0.717) is 6.04 Å². The van der Waals surface area contributed by atoms with Gasteiger partial charge in [-0.3, -0.25) is 9.98 Å². The van der Waals surface area contributed by atoms with Crippen molar-refractivity contribution in [3.63, 3.8) is 0 Å². The van der Waals surface area contributed by atoms with E-state index in [4.69, 9.17) is 9.73 Å². The van der Waals surface area contributed by atoms with Crippen molar-refractivity contribution in [3.05, 3.63) is 59.9 Å². The minimum absolute atomic E-state index is 0.0372. The van der Waals surface area contributed by atoms with Crippen LogP contribution in [-0.4, -0.2) is 34.0 Å². The second-order valence-corrected chi connectivity index (χ2v) is 7.10. The molecule has 3 atom stereocenters. The zero-order chi connectivity index (χ0) is 16.5. The third-order valence-corrected chi connectivity index (χ3v) is 5.89. The monoisotopic (exact) mass is 339 g/mol. The Hall–Kier alpha value is -2.01. The predicted octanol–water partition coefficient (Wildman–Crippen LogP) is 4.07. The fourth-order valence-electron chi connectivity index (χ4n) is 3.54. The number of methoxy groups -OCH3 is 1. The van der Waals surface area contributed by atoms with Crippen LogP contribution in [0.3, 0.4) is 0 Å². The van der Waals surface area contributed by atoms with E-state index < -0.39 is 0 Å². The maximum atomic E-state index is 5.44. The summed E-state index contributed by atoms with van der Waals surface area (Å²) in [4.78, 5) is 12.1. The lowest BCUT2D eigenvalue weighted by molar-refractivity contribution is 0.254. The molecule has 2 aliphatic heterocycles. The number of pyridine rings is 1. The molecule has 0 bridgehead atoms. The van der Waals surface area contributed by atoms with E-state index >= 15 is 0 Å². The van der Waals surface area contributed by atoms with Crippen LogP contribution in [0.4, 0.5) is 0 Å². The average Bonchev–Trinajstić information content (AvgIpc) is 3.21. The predicted molar refractivity (Wildman–Crippen MR) is 98.5 cm³/mol. The highest BCUT2D eigenvalue weighted by Crippen LogP contribution is 2.48. The highest BCUT2D eigenvalue weighted by molar-refractivity contribution is 8.14. The van der Waals surface area contributed by atoms with Crippen LogP contribution in [0.1, 0.15) is 36.7 Å². The first-order valence-electron chi connectivity index (χ1n) is 8.35. The highest BCUT2D eigenvalue weighted by atomic mass is 32.2. The molecule has 3 heterocycles. The molecular formula is C19H21N3OS. The molecule has 1 aromatic carbocycles. The van der Waals surface area contributed by atoms with Gasteiger partial charge in [-0.2, -0.15) is 0 Å². The van der Waals surface area contributed by atoms with Gasteiger partial charge < -0.3 is 9.64 Å². The molecule has 1 aromatic heterocycles. The topological polar surface area (TPSA) is 37.7 Å². The number of ether oxygens (including phenoxy) is 1. The number of thioether (sulfide) groups is 1. The molecule has 4 nitrogen and oxygen atoms in total. The van der Waals surface area contributed by atoms with Crippen LogP contribution in [0, 0.1) is 0 Å². The normalized spacial score (nSPS) is 25.5. The third-order valence-electron chi connectivity index (χ3n) is 4.76. The second kappa shape index (κ2) is 6.48. The van der Waals surface area contributed by atoms with Crippen LogP contribution in [-0.2, 0) is 0 Å². The van der Waals surface area contributed by atoms with Crippen LogP contribution in [0.5, 0.6) is 5.75 Å². The van der Waals surface area contributed by atoms with Gasteiger partial charge in [-0.05, 0) is 36.2 Å². The standard InChI is InChI=1S/C19H21N3OS/c1-3-14-12-24-19-21-17(16-9-4-5-10-20-16)18(22(14)19)13-7-6-8-15(11-13)23-2/h4-11,14,17-18H,3,12H2,1-2H3/t14-,17+,18+/m1/s1. The summed E-state index contributed by atoms with van der Waals surface area (Å²) in [7, 11) is 1.71. The number of rotatable bonds is 4. The largest absolute Gasteiger partial charge is 0.497 e. The molecule has 124 valence electrons. The van der Waals surface area contributed by atoms with Crippen LogP contribution in [0.25, 0.3) is 0 Å². The fourth-order valence-corrected chi connectivity index (χ4v) is 4.87. The Balaban J connectivity index is 1.79. The number of fused-ring (bicyclic) bond motifs is 1.